The van der Waals surface area contributed by atoms with Gasteiger partial charge in [-0.1, -0.05) is 0 Å². The molecule has 3 rings (SSSR count). The summed E-state index contributed by atoms with van der Waals surface area (Å²) in [5.41, 5.74) is 2.12. The zero-order valence-electron chi connectivity index (χ0n) is 12.6. The van der Waals surface area contributed by atoms with Gasteiger partial charge in [-0.3, -0.25) is 9.78 Å². The monoisotopic (exact) mass is 299 g/mol. The standard InChI is InChI=1S/C15H17N5O2/c1-10-7-11(2)19-14(18-10)13-9-20(5-6-22-13)15(21)12-8-16-3-4-17-12/h3-4,7-8,13H,5-6,9H2,1-2H3. The molecule has 1 fully saturated rings. The Hall–Kier alpha value is -2.41. The van der Waals surface area contributed by atoms with Gasteiger partial charge >= 0.3 is 0 Å². The van der Waals surface area contributed by atoms with E-state index in [1.165, 1.54) is 12.4 Å². The molecule has 114 valence electrons. The van der Waals surface area contributed by atoms with Crippen molar-refractivity contribution in [1.29, 1.82) is 0 Å². The van der Waals surface area contributed by atoms with Crippen LogP contribution in [0.2, 0.25) is 0 Å². The van der Waals surface area contributed by atoms with Crippen molar-refractivity contribution < 1.29 is 9.53 Å². The highest BCUT2D eigenvalue weighted by Gasteiger charge is 2.28. The summed E-state index contributed by atoms with van der Waals surface area (Å²) in [6.45, 7) is 5.23. The first kappa shape index (κ1) is 14.5. The van der Waals surface area contributed by atoms with Gasteiger partial charge in [-0.15, -0.1) is 0 Å². The first-order chi connectivity index (χ1) is 10.6. The molecule has 0 aromatic carbocycles. The van der Waals surface area contributed by atoms with Crippen molar-refractivity contribution in [3.05, 3.63) is 47.6 Å². The van der Waals surface area contributed by atoms with E-state index in [-0.39, 0.29) is 12.0 Å². The predicted molar refractivity (Wildman–Crippen MR) is 78.1 cm³/mol. The fourth-order valence-corrected chi connectivity index (χ4v) is 2.46. The van der Waals surface area contributed by atoms with Crippen LogP contribution in [0.3, 0.4) is 0 Å². The van der Waals surface area contributed by atoms with Crippen molar-refractivity contribution in [3.8, 4) is 0 Å². The second-order valence-corrected chi connectivity index (χ2v) is 5.21. The van der Waals surface area contributed by atoms with Crippen LogP contribution in [-0.4, -0.2) is 50.4 Å². The maximum absolute atomic E-state index is 12.4. The van der Waals surface area contributed by atoms with Crippen molar-refractivity contribution in [2.45, 2.75) is 20.0 Å². The second-order valence-electron chi connectivity index (χ2n) is 5.21. The number of amides is 1. The van der Waals surface area contributed by atoms with Gasteiger partial charge in [0.15, 0.2) is 5.82 Å². The molecule has 0 saturated carbocycles. The van der Waals surface area contributed by atoms with Gasteiger partial charge in [-0.05, 0) is 19.9 Å². The van der Waals surface area contributed by atoms with E-state index < -0.39 is 0 Å². The smallest absolute Gasteiger partial charge is 0.274 e. The Morgan fingerprint density at radius 1 is 1.27 bits per heavy atom. The molecule has 2 aromatic rings. The predicted octanol–water partition coefficient (Wildman–Crippen LogP) is 1.10. The van der Waals surface area contributed by atoms with E-state index in [0.717, 1.165) is 11.4 Å². The number of nitrogens with zero attached hydrogens (tertiary/aromatic N) is 5. The van der Waals surface area contributed by atoms with E-state index in [2.05, 4.69) is 19.9 Å². The van der Waals surface area contributed by atoms with Crippen LogP contribution in [0.5, 0.6) is 0 Å². The van der Waals surface area contributed by atoms with Crippen LogP contribution < -0.4 is 0 Å². The average molecular weight is 299 g/mol. The van der Waals surface area contributed by atoms with Gasteiger partial charge in [0.2, 0.25) is 0 Å². The Labute approximate surface area is 128 Å². The number of aryl methyl sites for hydroxylation is 2. The number of carbonyl (C=O) groups excluding carboxylic acids is 1. The number of hydrogen-bond acceptors (Lipinski definition) is 6. The van der Waals surface area contributed by atoms with Crippen molar-refractivity contribution in [1.82, 2.24) is 24.8 Å². The highest BCUT2D eigenvalue weighted by Crippen LogP contribution is 2.20. The molecular formula is C15H17N5O2. The lowest BCUT2D eigenvalue weighted by Gasteiger charge is -2.32. The number of rotatable bonds is 2. The first-order valence-electron chi connectivity index (χ1n) is 7.12. The Bertz CT molecular complexity index is 657. The zero-order valence-corrected chi connectivity index (χ0v) is 12.6. The van der Waals surface area contributed by atoms with Gasteiger partial charge in [0.1, 0.15) is 11.8 Å². The van der Waals surface area contributed by atoms with Gasteiger partial charge in [0.05, 0.1) is 19.3 Å². The summed E-state index contributed by atoms with van der Waals surface area (Å²) in [5, 5.41) is 0. The maximum Gasteiger partial charge on any atom is 0.274 e. The molecule has 1 aliphatic rings. The van der Waals surface area contributed by atoms with Gasteiger partial charge in [0, 0.05) is 30.3 Å². The summed E-state index contributed by atoms with van der Waals surface area (Å²) in [6, 6.07) is 1.91. The molecule has 1 aliphatic heterocycles. The molecule has 0 N–H and O–H groups in total. The lowest BCUT2D eigenvalue weighted by atomic mass is 10.2. The summed E-state index contributed by atoms with van der Waals surface area (Å²) >= 11 is 0. The third kappa shape index (κ3) is 3.09. The Balaban J connectivity index is 1.78. The van der Waals surface area contributed by atoms with Crippen LogP contribution in [0.15, 0.2) is 24.7 Å². The van der Waals surface area contributed by atoms with Crippen LogP contribution in [0.1, 0.15) is 33.8 Å². The molecule has 0 aliphatic carbocycles. The Morgan fingerprint density at radius 3 is 2.73 bits per heavy atom. The Kier molecular flexibility index (Phi) is 4.06. The Morgan fingerprint density at radius 2 is 2.05 bits per heavy atom. The molecule has 3 heterocycles. The van der Waals surface area contributed by atoms with Crippen LogP contribution in [-0.2, 0) is 4.74 Å². The molecular weight excluding hydrogens is 282 g/mol. The minimum absolute atomic E-state index is 0.147. The minimum Gasteiger partial charge on any atom is -0.367 e. The van der Waals surface area contributed by atoms with Crippen LogP contribution >= 0.6 is 0 Å². The molecule has 0 bridgehead atoms. The second kappa shape index (κ2) is 6.15. The number of hydrogen-bond donors (Lipinski definition) is 0. The molecule has 22 heavy (non-hydrogen) atoms. The number of carbonyl (C=O) groups is 1. The van der Waals surface area contributed by atoms with E-state index in [4.69, 9.17) is 4.74 Å². The van der Waals surface area contributed by atoms with E-state index in [1.807, 2.05) is 19.9 Å². The largest absolute Gasteiger partial charge is 0.367 e. The zero-order chi connectivity index (χ0) is 15.5. The van der Waals surface area contributed by atoms with Gasteiger partial charge in [-0.25, -0.2) is 15.0 Å². The van der Waals surface area contributed by atoms with Crippen LogP contribution in [0.4, 0.5) is 0 Å². The molecule has 1 saturated heterocycles. The first-order valence-corrected chi connectivity index (χ1v) is 7.12. The molecule has 0 spiro atoms. The van der Waals surface area contributed by atoms with Crippen molar-refractivity contribution in [3.63, 3.8) is 0 Å². The van der Waals surface area contributed by atoms with Gasteiger partial charge in [-0.2, -0.15) is 0 Å². The quantitative estimate of drug-likeness (QED) is 0.826. The van der Waals surface area contributed by atoms with E-state index in [0.29, 0.717) is 31.2 Å². The van der Waals surface area contributed by atoms with Crippen LogP contribution in [0.25, 0.3) is 0 Å². The summed E-state index contributed by atoms with van der Waals surface area (Å²) in [5.74, 6) is 0.472. The highest BCUT2D eigenvalue weighted by molar-refractivity contribution is 5.92. The SMILES string of the molecule is Cc1cc(C)nc(C2CN(C(=O)c3cnccn3)CCO2)n1. The van der Waals surface area contributed by atoms with Crippen molar-refractivity contribution in [2.24, 2.45) is 0 Å². The molecule has 7 nitrogen and oxygen atoms in total. The topological polar surface area (TPSA) is 81.1 Å². The van der Waals surface area contributed by atoms with Crippen LogP contribution in [0, 0.1) is 13.8 Å². The normalized spacial score (nSPS) is 18.3. The highest BCUT2D eigenvalue weighted by atomic mass is 16.5. The van der Waals surface area contributed by atoms with Crippen molar-refractivity contribution in [2.75, 3.05) is 19.7 Å². The number of aromatic nitrogens is 4. The van der Waals surface area contributed by atoms with Gasteiger partial charge < -0.3 is 9.64 Å². The molecule has 1 amide bonds. The maximum atomic E-state index is 12.4. The summed E-state index contributed by atoms with van der Waals surface area (Å²) in [4.78, 5) is 31.0. The fourth-order valence-electron chi connectivity index (χ4n) is 2.46. The lowest BCUT2D eigenvalue weighted by molar-refractivity contribution is -0.0271. The molecule has 0 radical (unpaired) electrons. The van der Waals surface area contributed by atoms with Gasteiger partial charge in [0.25, 0.3) is 5.91 Å². The summed E-state index contributed by atoms with van der Waals surface area (Å²) < 4.78 is 5.74. The molecule has 7 heteroatoms. The molecule has 1 unspecified atom stereocenters. The third-order valence-corrected chi connectivity index (χ3v) is 3.42. The number of ether oxygens (including phenoxy) is 1. The lowest BCUT2D eigenvalue weighted by Crippen LogP contribution is -2.43. The summed E-state index contributed by atoms with van der Waals surface area (Å²) in [7, 11) is 0. The van der Waals surface area contributed by atoms with E-state index in [9.17, 15) is 4.79 Å². The number of morpholine rings is 1. The third-order valence-electron chi connectivity index (χ3n) is 3.42. The minimum atomic E-state index is -0.312. The molecule has 1 atom stereocenters. The van der Waals surface area contributed by atoms with E-state index >= 15 is 0 Å². The van der Waals surface area contributed by atoms with Crippen molar-refractivity contribution >= 4 is 5.91 Å². The average Bonchev–Trinajstić information content (AvgIpc) is 2.54. The van der Waals surface area contributed by atoms with E-state index in [1.54, 1.807) is 11.1 Å². The summed E-state index contributed by atoms with van der Waals surface area (Å²) in [6.07, 6.45) is 4.22. The fraction of sp³-hybridized carbons (Fsp3) is 0.400. The molecule has 2 aromatic heterocycles.